The lowest BCUT2D eigenvalue weighted by Crippen LogP contribution is -2.30. The van der Waals surface area contributed by atoms with E-state index in [9.17, 15) is 22.7 Å². The van der Waals surface area contributed by atoms with Crippen molar-refractivity contribution in [3.63, 3.8) is 0 Å². The number of hydrogen-bond donors (Lipinski definition) is 4. The van der Waals surface area contributed by atoms with Gasteiger partial charge in [-0.05, 0) is 43.2 Å². The molecule has 206 valence electrons. The van der Waals surface area contributed by atoms with Crippen LogP contribution in [0.15, 0.2) is 54.7 Å². The fraction of sp³-hybridized carbons (Fsp3) is 0.185. The minimum absolute atomic E-state index is 0.0697. The molecular weight excluding hydrogens is 530 g/mol. The second-order valence-corrected chi connectivity index (χ2v) is 9.15. The number of para-hydroxylation sites is 1. The van der Waals surface area contributed by atoms with Crippen LogP contribution in [0.25, 0.3) is 33.7 Å². The predicted molar refractivity (Wildman–Crippen MR) is 140 cm³/mol. The number of aryl methyl sites for hydroxylation is 1. The molecule has 5 rings (SSSR count). The number of pyridine rings is 1. The first-order chi connectivity index (χ1) is 19.0. The average Bonchev–Trinajstić information content (AvgIpc) is 3.29. The lowest BCUT2D eigenvalue weighted by Gasteiger charge is -2.18. The Hall–Kier alpha value is -4.78. The van der Waals surface area contributed by atoms with Crippen LogP contribution in [0.5, 0.6) is 11.5 Å². The van der Waals surface area contributed by atoms with E-state index in [1.165, 1.54) is 30.5 Å². The summed E-state index contributed by atoms with van der Waals surface area (Å²) in [7, 11) is 0. The third kappa shape index (κ3) is 5.36. The largest absolute Gasteiger partial charge is 0.504 e. The van der Waals surface area contributed by atoms with Crippen molar-refractivity contribution in [2.45, 2.75) is 25.6 Å². The topological polar surface area (TPSA) is 149 Å². The number of hydrogen-bond acceptors (Lipinski definition) is 8. The minimum atomic E-state index is -4.47. The van der Waals surface area contributed by atoms with Crippen LogP contribution in [0.4, 0.5) is 23.4 Å². The smallest absolute Gasteiger partial charge is 0.416 e. The summed E-state index contributed by atoms with van der Waals surface area (Å²) in [5, 5.41) is 17.3. The number of benzene rings is 2. The van der Waals surface area contributed by atoms with Gasteiger partial charge in [-0.1, -0.05) is 24.3 Å². The van der Waals surface area contributed by atoms with Crippen molar-refractivity contribution in [3.8, 4) is 34.0 Å². The summed E-state index contributed by atoms with van der Waals surface area (Å²) in [5.74, 6) is -1.44. The molecule has 6 N–H and O–H groups in total. The minimum Gasteiger partial charge on any atom is -0.504 e. The monoisotopic (exact) mass is 553 g/mol. The van der Waals surface area contributed by atoms with Crippen LogP contribution in [0.3, 0.4) is 0 Å². The summed E-state index contributed by atoms with van der Waals surface area (Å²) >= 11 is 0. The fourth-order valence-corrected chi connectivity index (χ4v) is 4.20. The number of nitrogen functional groups attached to an aromatic ring is 1. The number of aromatic amines is 1. The molecule has 0 unspecified atom stereocenters. The summed E-state index contributed by atoms with van der Waals surface area (Å²) in [6.07, 6.45) is -2.91. The standard InChI is InChI=1S/C27H23F4N7O2/c1-13-22-26(38-37-13)34-11-20(35-22)18-10-21(25(33)36-23(18)17-6-3-7-19(28)24(17)39)40-12-16(32)9-14-4-2-5-15(8-14)27(29,30)31/h2-8,10-11,16,39H,9,12,32H2,1H3,(H2,33,36)(H,34,37,38)/t16-/m0/s1. The van der Waals surface area contributed by atoms with Crippen molar-refractivity contribution >= 4 is 17.0 Å². The van der Waals surface area contributed by atoms with Crippen LogP contribution in [0, 0.1) is 12.7 Å². The summed E-state index contributed by atoms with van der Waals surface area (Å²) in [4.78, 5) is 13.3. The van der Waals surface area contributed by atoms with Gasteiger partial charge in [-0.25, -0.2) is 19.3 Å². The van der Waals surface area contributed by atoms with Crippen LogP contribution >= 0.6 is 0 Å². The van der Waals surface area contributed by atoms with E-state index in [4.69, 9.17) is 16.2 Å². The zero-order valence-corrected chi connectivity index (χ0v) is 21.0. The van der Waals surface area contributed by atoms with Crippen LogP contribution < -0.4 is 16.2 Å². The lowest BCUT2D eigenvalue weighted by atomic mass is 10.0. The second kappa shape index (κ2) is 10.4. The Morgan fingerprint density at radius 2 is 1.85 bits per heavy atom. The molecule has 3 heterocycles. The maximum atomic E-state index is 14.2. The number of halogens is 4. The van der Waals surface area contributed by atoms with Gasteiger partial charge in [0.05, 0.1) is 28.8 Å². The lowest BCUT2D eigenvalue weighted by molar-refractivity contribution is -0.137. The average molecular weight is 554 g/mol. The number of ether oxygens (including phenoxy) is 1. The molecule has 0 aliphatic rings. The van der Waals surface area contributed by atoms with Crippen LogP contribution in [0.2, 0.25) is 0 Å². The molecular formula is C27H23F4N7O2. The number of phenolic OH excluding ortho intramolecular Hbond substituents is 1. The van der Waals surface area contributed by atoms with Gasteiger partial charge in [-0.2, -0.15) is 18.3 Å². The van der Waals surface area contributed by atoms with E-state index in [1.807, 2.05) is 0 Å². The maximum absolute atomic E-state index is 14.2. The van der Waals surface area contributed by atoms with Crippen molar-refractivity contribution in [3.05, 3.63) is 77.4 Å². The van der Waals surface area contributed by atoms with Gasteiger partial charge in [-0.15, -0.1) is 0 Å². The number of aromatic nitrogens is 5. The zero-order valence-electron chi connectivity index (χ0n) is 21.0. The molecule has 0 spiro atoms. The Morgan fingerprint density at radius 1 is 1.07 bits per heavy atom. The van der Waals surface area contributed by atoms with E-state index >= 15 is 0 Å². The Kier molecular flexibility index (Phi) is 6.98. The highest BCUT2D eigenvalue weighted by atomic mass is 19.4. The Balaban J connectivity index is 1.48. The highest BCUT2D eigenvalue weighted by molar-refractivity contribution is 5.86. The number of rotatable bonds is 7. The molecule has 0 fully saturated rings. The van der Waals surface area contributed by atoms with Crippen molar-refractivity contribution in [1.82, 2.24) is 25.1 Å². The number of nitrogens with one attached hydrogen (secondary N) is 1. The zero-order chi connectivity index (χ0) is 28.6. The molecule has 0 amide bonds. The van der Waals surface area contributed by atoms with E-state index < -0.39 is 29.3 Å². The van der Waals surface area contributed by atoms with Gasteiger partial charge in [0.25, 0.3) is 0 Å². The SMILES string of the molecule is Cc1[nH]nc2ncc(-c3cc(OC[C@@H](N)Cc4cccc(C(F)(F)F)c4)c(N)nc3-c3cccc(F)c3O)nc12. The molecule has 9 nitrogen and oxygen atoms in total. The van der Waals surface area contributed by atoms with E-state index in [-0.39, 0.29) is 35.9 Å². The summed E-state index contributed by atoms with van der Waals surface area (Å²) < 4.78 is 59.2. The van der Waals surface area contributed by atoms with Gasteiger partial charge in [0.15, 0.2) is 28.8 Å². The van der Waals surface area contributed by atoms with E-state index in [2.05, 4.69) is 25.1 Å². The van der Waals surface area contributed by atoms with Crippen LogP contribution in [-0.2, 0) is 12.6 Å². The fourth-order valence-electron chi connectivity index (χ4n) is 4.20. The highest BCUT2D eigenvalue weighted by Gasteiger charge is 2.30. The molecule has 0 aliphatic carbocycles. The van der Waals surface area contributed by atoms with Gasteiger partial charge in [-0.3, -0.25) is 5.10 Å². The normalized spacial score (nSPS) is 12.6. The first kappa shape index (κ1) is 26.8. The molecule has 0 bridgehead atoms. The molecule has 40 heavy (non-hydrogen) atoms. The number of fused-ring (bicyclic) bond motifs is 1. The van der Waals surface area contributed by atoms with Gasteiger partial charge >= 0.3 is 6.18 Å². The number of nitrogens with zero attached hydrogens (tertiary/aromatic N) is 4. The number of anilines is 1. The van der Waals surface area contributed by atoms with Gasteiger partial charge in [0, 0.05) is 17.2 Å². The van der Waals surface area contributed by atoms with Crippen LogP contribution in [0.1, 0.15) is 16.8 Å². The predicted octanol–water partition coefficient (Wildman–Crippen LogP) is 4.78. The second-order valence-electron chi connectivity index (χ2n) is 9.15. The first-order valence-electron chi connectivity index (χ1n) is 12.0. The van der Waals surface area contributed by atoms with Crippen molar-refractivity contribution < 1.29 is 27.4 Å². The number of H-pyrrole nitrogens is 1. The van der Waals surface area contributed by atoms with E-state index in [0.717, 1.165) is 18.2 Å². The summed E-state index contributed by atoms with van der Waals surface area (Å²) in [5.41, 5.74) is 14.4. The molecule has 5 aromatic rings. The molecule has 0 aliphatic heterocycles. The third-order valence-electron chi connectivity index (χ3n) is 6.18. The van der Waals surface area contributed by atoms with Gasteiger partial charge in [0.1, 0.15) is 12.1 Å². The number of nitrogens with two attached hydrogens (primary N) is 2. The molecule has 0 radical (unpaired) electrons. The number of phenols is 1. The summed E-state index contributed by atoms with van der Waals surface area (Å²) in [6, 6.07) is 9.74. The Bertz CT molecular complexity index is 1700. The Labute approximate surface area is 224 Å². The molecule has 3 aromatic heterocycles. The van der Waals surface area contributed by atoms with Gasteiger partial charge in [0.2, 0.25) is 0 Å². The van der Waals surface area contributed by atoms with Crippen LogP contribution in [-0.4, -0.2) is 42.9 Å². The number of alkyl halides is 3. The van der Waals surface area contributed by atoms with E-state index in [1.54, 1.807) is 13.0 Å². The maximum Gasteiger partial charge on any atom is 0.416 e. The quantitative estimate of drug-likeness (QED) is 0.210. The molecule has 0 saturated heterocycles. The first-order valence-corrected chi connectivity index (χ1v) is 12.0. The molecule has 2 aromatic carbocycles. The van der Waals surface area contributed by atoms with E-state index in [0.29, 0.717) is 33.7 Å². The molecule has 0 saturated carbocycles. The van der Waals surface area contributed by atoms with Crippen molar-refractivity contribution in [2.75, 3.05) is 12.3 Å². The van der Waals surface area contributed by atoms with Crippen molar-refractivity contribution in [2.24, 2.45) is 5.73 Å². The number of aromatic hydroxyl groups is 1. The Morgan fingerprint density at radius 3 is 2.62 bits per heavy atom. The van der Waals surface area contributed by atoms with Crippen molar-refractivity contribution in [1.29, 1.82) is 0 Å². The highest BCUT2D eigenvalue weighted by Crippen LogP contribution is 2.40. The van der Waals surface area contributed by atoms with Gasteiger partial charge < -0.3 is 21.3 Å². The molecule has 13 heteroatoms. The molecule has 1 atom stereocenters. The summed E-state index contributed by atoms with van der Waals surface area (Å²) in [6.45, 7) is 1.67. The third-order valence-corrected chi connectivity index (χ3v) is 6.18.